The molecule has 0 aromatic heterocycles. The van der Waals surface area contributed by atoms with E-state index in [1.54, 1.807) is 11.8 Å². The van der Waals surface area contributed by atoms with E-state index in [2.05, 4.69) is 10.2 Å². The molecule has 0 radical (unpaired) electrons. The highest BCUT2D eigenvalue weighted by molar-refractivity contribution is 7.99. The number of hydrogen-bond donors (Lipinski definition) is 2. The van der Waals surface area contributed by atoms with Crippen LogP contribution in [0.25, 0.3) is 0 Å². The maximum atomic E-state index is 12.4. The fourth-order valence-electron chi connectivity index (χ4n) is 4.08. The van der Waals surface area contributed by atoms with Gasteiger partial charge in [-0.05, 0) is 55.7 Å². The number of likely N-dealkylation sites (tertiary alicyclic amines) is 1. The molecule has 2 aromatic carbocycles. The maximum absolute atomic E-state index is 12.4. The van der Waals surface area contributed by atoms with Gasteiger partial charge in [-0.25, -0.2) is 4.39 Å². The maximum Gasteiger partial charge on any atom is 0.305 e. The van der Waals surface area contributed by atoms with Crippen LogP contribution in [0.2, 0.25) is 10.0 Å². The summed E-state index contributed by atoms with van der Waals surface area (Å²) in [5, 5.41) is 12.4. The van der Waals surface area contributed by atoms with Crippen LogP contribution >= 0.6 is 35.0 Å². The first kappa shape index (κ1) is 28.7. The van der Waals surface area contributed by atoms with Gasteiger partial charge in [0.15, 0.2) is 5.78 Å². The number of rotatable bonds is 7. The Morgan fingerprint density at radius 1 is 1.14 bits per heavy atom. The molecule has 1 saturated heterocycles. The molecule has 37 heavy (non-hydrogen) atoms. The SMILES string of the molecule is CN1c2ccc(Cl)cc2Sc2ccc(Cl)cc21.O=CN1CCCCC1C(=O)NC(CC(=O)O)C(=O)CF. The number of hydrogen-bond acceptors (Lipinski definition) is 6. The summed E-state index contributed by atoms with van der Waals surface area (Å²) in [7, 11) is 2.04. The lowest BCUT2D eigenvalue weighted by Gasteiger charge is -2.32. The number of piperidine rings is 1. The lowest BCUT2D eigenvalue weighted by Crippen LogP contribution is -2.53. The number of alkyl halides is 1. The van der Waals surface area contributed by atoms with Crippen LogP contribution in [-0.2, 0) is 19.2 Å². The number of amides is 2. The number of nitrogens with one attached hydrogen (secondary N) is 1. The zero-order valence-corrected chi connectivity index (χ0v) is 22.3. The molecular formula is C25H26Cl2FN3O5S. The van der Waals surface area contributed by atoms with Crippen LogP contribution in [-0.4, -0.2) is 66.4 Å². The Labute approximate surface area is 228 Å². The van der Waals surface area contributed by atoms with Crippen molar-refractivity contribution in [2.75, 3.05) is 25.2 Å². The number of carbonyl (C=O) groups excluding carboxylic acids is 3. The van der Waals surface area contributed by atoms with Gasteiger partial charge < -0.3 is 20.2 Å². The number of halogens is 3. The summed E-state index contributed by atoms with van der Waals surface area (Å²) in [6, 6.07) is 9.75. The van der Waals surface area contributed by atoms with Crippen LogP contribution in [0.5, 0.6) is 0 Å². The molecule has 0 saturated carbocycles. The number of ketones is 1. The average molecular weight is 570 g/mol. The van der Waals surface area contributed by atoms with Gasteiger partial charge in [-0.1, -0.05) is 35.0 Å². The van der Waals surface area contributed by atoms with Crippen LogP contribution in [0.15, 0.2) is 46.2 Å². The molecule has 2 aromatic rings. The Balaban J connectivity index is 0.000000207. The molecule has 0 spiro atoms. The van der Waals surface area contributed by atoms with Gasteiger partial charge in [-0.15, -0.1) is 0 Å². The molecule has 2 N–H and O–H groups in total. The van der Waals surface area contributed by atoms with E-state index in [0.717, 1.165) is 34.3 Å². The molecule has 8 nitrogen and oxygen atoms in total. The topological polar surface area (TPSA) is 107 Å². The largest absolute Gasteiger partial charge is 0.481 e. The Kier molecular flexibility index (Phi) is 10.2. The summed E-state index contributed by atoms with van der Waals surface area (Å²) in [6.07, 6.45) is 1.84. The van der Waals surface area contributed by atoms with E-state index in [1.807, 2.05) is 43.4 Å². The standard InChI is InChI=1S/C13H9Cl2NS.C12H17FN2O5/c1-16-10-4-2-9(15)7-13(10)17-12-5-3-8(14)6-11(12)16;13-6-10(17)8(5-11(18)19)14-12(20)9-3-1-2-4-15(9)7-16/h2-7H,1H3;7-9H,1-6H2,(H,14,20)(H,18,19). The van der Waals surface area contributed by atoms with Gasteiger partial charge in [-0.3, -0.25) is 19.2 Å². The minimum absolute atomic E-state index is 0.433. The summed E-state index contributed by atoms with van der Waals surface area (Å²) in [6.45, 7) is -0.914. The van der Waals surface area contributed by atoms with Gasteiger partial charge in [0.25, 0.3) is 0 Å². The van der Waals surface area contributed by atoms with Gasteiger partial charge in [0, 0.05) is 33.4 Å². The number of aliphatic carboxylic acids is 1. The van der Waals surface area contributed by atoms with E-state index in [9.17, 15) is 23.6 Å². The Bertz CT molecular complexity index is 1190. The fourth-order valence-corrected chi connectivity index (χ4v) is 5.65. The number of Topliss-reactive ketones (excluding diaryl/α,β-unsaturated/α-hetero) is 1. The molecule has 2 unspecified atom stereocenters. The summed E-state index contributed by atoms with van der Waals surface area (Å²) in [4.78, 5) is 50.6. The first-order valence-electron chi connectivity index (χ1n) is 11.5. The van der Waals surface area contributed by atoms with E-state index in [1.165, 1.54) is 14.7 Å². The minimum Gasteiger partial charge on any atom is -0.481 e. The molecule has 0 aliphatic carbocycles. The average Bonchev–Trinajstić information content (AvgIpc) is 2.88. The lowest BCUT2D eigenvalue weighted by atomic mass is 10.0. The Morgan fingerprint density at radius 3 is 2.51 bits per heavy atom. The van der Waals surface area contributed by atoms with Crippen LogP contribution in [0, 0.1) is 0 Å². The third kappa shape index (κ3) is 7.37. The first-order valence-corrected chi connectivity index (χ1v) is 13.0. The zero-order chi connectivity index (χ0) is 27.1. The molecular weight excluding hydrogens is 544 g/mol. The van der Waals surface area contributed by atoms with Gasteiger partial charge in [0.1, 0.15) is 18.8 Å². The van der Waals surface area contributed by atoms with Gasteiger partial charge in [0.2, 0.25) is 12.3 Å². The summed E-state index contributed by atoms with van der Waals surface area (Å²) >= 11 is 13.8. The van der Waals surface area contributed by atoms with Crippen molar-refractivity contribution in [1.29, 1.82) is 0 Å². The molecule has 2 aliphatic rings. The number of benzene rings is 2. The van der Waals surface area contributed by atoms with Gasteiger partial charge >= 0.3 is 5.97 Å². The third-order valence-corrected chi connectivity index (χ3v) is 7.57. The van der Waals surface area contributed by atoms with E-state index in [0.29, 0.717) is 19.4 Å². The van der Waals surface area contributed by atoms with Crippen molar-refractivity contribution >= 4 is 70.4 Å². The van der Waals surface area contributed by atoms with Crippen molar-refractivity contribution in [3.63, 3.8) is 0 Å². The second-order valence-corrected chi connectivity index (χ2v) is 10.5. The first-order chi connectivity index (χ1) is 17.6. The predicted octanol–water partition coefficient (Wildman–Crippen LogP) is 4.72. The van der Waals surface area contributed by atoms with E-state index in [4.69, 9.17) is 28.3 Å². The molecule has 2 aliphatic heterocycles. The number of carbonyl (C=O) groups is 4. The van der Waals surface area contributed by atoms with Crippen LogP contribution < -0.4 is 10.2 Å². The normalized spacial score (nSPS) is 16.9. The van der Waals surface area contributed by atoms with Crippen molar-refractivity contribution in [3.05, 3.63) is 46.4 Å². The van der Waals surface area contributed by atoms with Crippen molar-refractivity contribution in [2.45, 2.75) is 47.6 Å². The van der Waals surface area contributed by atoms with Crippen molar-refractivity contribution in [2.24, 2.45) is 0 Å². The molecule has 2 amide bonds. The van der Waals surface area contributed by atoms with Crippen molar-refractivity contribution in [1.82, 2.24) is 10.2 Å². The second-order valence-electron chi connectivity index (χ2n) is 8.50. The van der Waals surface area contributed by atoms with Gasteiger partial charge in [-0.2, -0.15) is 0 Å². The lowest BCUT2D eigenvalue weighted by molar-refractivity contribution is -0.141. The zero-order valence-electron chi connectivity index (χ0n) is 20.0. The number of anilines is 2. The van der Waals surface area contributed by atoms with E-state index < -0.39 is 42.8 Å². The quantitative estimate of drug-likeness (QED) is 0.464. The molecule has 12 heteroatoms. The number of fused-ring (bicyclic) bond motifs is 2. The molecule has 1 fully saturated rings. The molecule has 198 valence electrons. The molecule has 2 atom stereocenters. The van der Waals surface area contributed by atoms with E-state index >= 15 is 0 Å². The Morgan fingerprint density at radius 2 is 1.84 bits per heavy atom. The highest BCUT2D eigenvalue weighted by Gasteiger charge is 2.31. The van der Waals surface area contributed by atoms with E-state index in [-0.39, 0.29) is 0 Å². The van der Waals surface area contributed by atoms with Crippen LogP contribution in [0.1, 0.15) is 25.7 Å². The van der Waals surface area contributed by atoms with Crippen molar-refractivity contribution < 1.29 is 28.7 Å². The molecule has 2 heterocycles. The van der Waals surface area contributed by atoms with Gasteiger partial charge in [0.05, 0.1) is 17.8 Å². The Hall–Kier alpha value is -2.82. The summed E-state index contributed by atoms with van der Waals surface area (Å²) < 4.78 is 12.4. The molecule has 4 rings (SSSR count). The summed E-state index contributed by atoms with van der Waals surface area (Å²) in [5.41, 5.74) is 2.30. The molecule has 0 bridgehead atoms. The highest BCUT2D eigenvalue weighted by atomic mass is 35.5. The van der Waals surface area contributed by atoms with Crippen LogP contribution in [0.4, 0.5) is 15.8 Å². The van der Waals surface area contributed by atoms with Crippen molar-refractivity contribution in [3.8, 4) is 0 Å². The third-order valence-electron chi connectivity index (χ3n) is 5.98. The van der Waals surface area contributed by atoms with Crippen LogP contribution in [0.3, 0.4) is 0 Å². The smallest absolute Gasteiger partial charge is 0.305 e. The highest BCUT2D eigenvalue weighted by Crippen LogP contribution is 2.48. The minimum atomic E-state index is -1.40. The number of carboxylic acids is 1. The number of carboxylic acid groups (broad SMARTS) is 1. The number of nitrogens with zero attached hydrogens (tertiary/aromatic N) is 2. The second kappa shape index (κ2) is 13.1. The fraction of sp³-hybridized carbons (Fsp3) is 0.360. The monoisotopic (exact) mass is 569 g/mol. The predicted molar refractivity (Wildman–Crippen MR) is 141 cm³/mol. The summed E-state index contributed by atoms with van der Waals surface area (Å²) in [5.74, 6) is -2.92.